The monoisotopic (exact) mass is 200 g/mol. The summed E-state index contributed by atoms with van der Waals surface area (Å²) in [6.07, 6.45) is 7.43. The van der Waals surface area contributed by atoms with Crippen molar-refractivity contribution in [2.45, 2.75) is 18.4 Å². The average Bonchev–Trinajstić information content (AvgIpc) is 2.85. The quantitative estimate of drug-likeness (QED) is 0.770. The summed E-state index contributed by atoms with van der Waals surface area (Å²) in [5.41, 5.74) is 7.88. The third kappa shape index (κ3) is 1.43. The summed E-state index contributed by atoms with van der Waals surface area (Å²) >= 11 is 0. The van der Waals surface area contributed by atoms with Crippen LogP contribution in [0.15, 0.2) is 30.7 Å². The van der Waals surface area contributed by atoms with Gasteiger partial charge in [0.1, 0.15) is 5.82 Å². The number of nitrogens with one attached hydrogen (secondary N) is 1. The summed E-state index contributed by atoms with van der Waals surface area (Å²) < 4.78 is 0. The largest absolute Gasteiger partial charge is 0.340 e. The predicted molar refractivity (Wildman–Crippen MR) is 56.9 cm³/mol. The van der Waals surface area contributed by atoms with Gasteiger partial charge < -0.3 is 10.7 Å². The molecule has 3 rings (SSSR count). The zero-order valence-corrected chi connectivity index (χ0v) is 8.27. The number of aromatic amines is 1. The Morgan fingerprint density at radius 1 is 1.33 bits per heavy atom. The van der Waals surface area contributed by atoms with Crippen LogP contribution in [0.1, 0.15) is 18.7 Å². The Hall–Kier alpha value is -1.68. The molecule has 0 radical (unpaired) electrons. The smallest absolute Gasteiger partial charge is 0.126 e. The number of imidazole rings is 1. The van der Waals surface area contributed by atoms with E-state index in [0.29, 0.717) is 0 Å². The Balaban J connectivity index is 1.97. The molecule has 0 amide bonds. The molecular weight excluding hydrogens is 188 g/mol. The molecule has 2 aromatic heterocycles. The molecule has 15 heavy (non-hydrogen) atoms. The Kier molecular flexibility index (Phi) is 1.67. The summed E-state index contributed by atoms with van der Waals surface area (Å²) in [5, 5.41) is 0. The number of rotatable bonds is 2. The molecule has 2 heterocycles. The topological polar surface area (TPSA) is 67.6 Å². The van der Waals surface area contributed by atoms with E-state index in [4.69, 9.17) is 5.73 Å². The lowest BCUT2D eigenvalue weighted by Crippen LogP contribution is -2.20. The SMILES string of the molecule is NC1(c2ncc(-c3cccnc3)[nH]2)CC1. The van der Waals surface area contributed by atoms with E-state index in [-0.39, 0.29) is 5.54 Å². The van der Waals surface area contributed by atoms with E-state index in [1.165, 1.54) is 0 Å². The third-order valence-electron chi connectivity index (χ3n) is 2.81. The molecule has 1 saturated carbocycles. The van der Waals surface area contributed by atoms with Gasteiger partial charge in [0.05, 0.1) is 17.4 Å². The maximum Gasteiger partial charge on any atom is 0.126 e. The number of pyridine rings is 1. The van der Waals surface area contributed by atoms with Crippen LogP contribution >= 0.6 is 0 Å². The van der Waals surface area contributed by atoms with Crippen molar-refractivity contribution in [2.75, 3.05) is 0 Å². The molecule has 0 unspecified atom stereocenters. The second-order valence-electron chi connectivity index (χ2n) is 4.04. The molecule has 0 aliphatic heterocycles. The normalized spacial score (nSPS) is 17.7. The van der Waals surface area contributed by atoms with E-state index in [1.54, 1.807) is 6.20 Å². The second-order valence-corrected chi connectivity index (χ2v) is 4.04. The van der Waals surface area contributed by atoms with Crippen molar-refractivity contribution in [3.63, 3.8) is 0 Å². The number of hydrogen-bond donors (Lipinski definition) is 2. The summed E-state index contributed by atoms with van der Waals surface area (Å²) in [5.74, 6) is 0.890. The molecule has 76 valence electrons. The Labute approximate surface area is 87.6 Å². The maximum atomic E-state index is 6.05. The highest BCUT2D eigenvalue weighted by Crippen LogP contribution is 2.41. The highest BCUT2D eigenvalue weighted by molar-refractivity contribution is 5.57. The minimum Gasteiger partial charge on any atom is -0.340 e. The summed E-state index contributed by atoms with van der Waals surface area (Å²) in [6.45, 7) is 0. The minimum atomic E-state index is -0.194. The molecule has 0 bridgehead atoms. The lowest BCUT2D eigenvalue weighted by atomic mass is 10.2. The maximum absolute atomic E-state index is 6.05. The second kappa shape index (κ2) is 2.90. The van der Waals surface area contributed by atoms with Crippen molar-refractivity contribution in [2.24, 2.45) is 5.73 Å². The van der Waals surface area contributed by atoms with Crippen molar-refractivity contribution in [3.05, 3.63) is 36.5 Å². The average molecular weight is 200 g/mol. The molecule has 4 heteroatoms. The van der Waals surface area contributed by atoms with Crippen LogP contribution in [0, 0.1) is 0 Å². The van der Waals surface area contributed by atoms with Crippen LogP contribution in [-0.2, 0) is 5.54 Å². The van der Waals surface area contributed by atoms with Crippen LogP contribution in [0.2, 0.25) is 0 Å². The molecule has 0 atom stereocenters. The zero-order chi connectivity index (χ0) is 10.3. The number of aromatic nitrogens is 3. The highest BCUT2D eigenvalue weighted by atomic mass is 15.0. The molecule has 0 aromatic carbocycles. The number of hydrogen-bond acceptors (Lipinski definition) is 3. The first kappa shape index (κ1) is 8.61. The number of nitrogens with zero attached hydrogens (tertiary/aromatic N) is 2. The van der Waals surface area contributed by atoms with E-state index in [9.17, 15) is 0 Å². The van der Waals surface area contributed by atoms with Crippen LogP contribution in [0.4, 0.5) is 0 Å². The third-order valence-corrected chi connectivity index (χ3v) is 2.81. The van der Waals surface area contributed by atoms with Crippen molar-refractivity contribution in [1.29, 1.82) is 0 Å². The fourth-order valence-electron chi connectivity index (χ4n) is 1.61. The van der Waals surface area contributed by atoms with Gasteiger partial charge in [-0.15, -0.1) is 0 Å². The standard InChI is InChI=1S/C11H12N4/c12-11(3-4-11)10-14-7-9(15-10)8-2-1-5-13-6-8/h1-2,5-7H,3-4,12H2,(H,14,15). The minimum absolute atomic E-state index is 0.194. The van der Waals surface area contributed by atoms with Gasteiger partial charge >= 0.3 is 0 Å². The van der Waals surface area contributed by atoms with Gasteiger partial charge in [-0.05, 0) is 25.0 Å². The molecule has 1 aliphatic rings. The molecule has 4 nitrogen and oxygen atoms in total. The molecule has 3 N–H and O–H groups in total. The van der Waals surface area contributed by atoms with Crippen molar-refractivity contribution >= 4 is 0 Å². The van der Waals surface area contributed by atoms with Crippen molar-refractivity contribution in [3.8, 4) is 11.3 Å². The molecule has 0 saturated heterocycles. The van der Waals surface area contributed by atoms with Crippen LogP contribution < -0.4 is 5.73 Å². The zero-order valence-electron chi connectivity index (χ0n) is 8.27. The number of H-pyrrole nitrogens is 1. The van der Waals surface area contributed by atoms with Crippen LogP contribution in [0.3, 0.4) is 0 Å². The van der Waals surface area contributed by atoms with Crippen molar-refractivity contribution in [1.82, 2.24) is 15.0 Å². The first-order valence-electron chi connectivity index (χ1n) is 5.03. The van der Waals surface area contributed by atoms with Gasteiger partial charge in [-0.2, -0.15) is 0 Å². The molecule has 1 aliphatic carbocycles. The molecule has 2 aromatic rings. The number of nitrogens with two attached hydrogens (primary N) is 1. The highest BCUT2D eigenvalue weighted by Gasteiger charge is 2.42. The van der Waals surface area contributed by atoms with Gasteiger partial charge in [0.2, 0.25) is 0 Å². The van der Waals surface area contributed by atoms with Gasteiger partial charge in [-0.1, -0.05) is 0 Å². The van der Waals surface area contributed by atoms with E-state index >= 15 is 0 Å². The van der Waals surface area contributed by atoms with Gasteiger partial charge in [-0.3, -0.25) is 4.98 Å². The van der Waals surface area contributed by atoms with Gasteiger partial charge in [0.15, 0.2) is 0 Å². The van der Waals surface area contributed by atoms with E-state index in [0.717, 1.165) is 29.9 Å². The fourth-order valence-corrected chi connectivity index (χ4v) is 1.61. The van der Waals surface area contributed by atoms with E-state index < -0.39 is 0 Å². The lowest BCUT2D eigenvalue weighted by molar-refractivity contribution is 0.685. The van der Waals surface area contributed by atoms with Gasteiger partial charge in [0.25, 0.3) is 0 Å². The Bertz CT molecular complexity index is 470. The summed E-state index contributed by atoms with van der Waals surface area (Å²) in [7, 11) is 0. The summed E-state index contributed by atoms with van der Waals surface area (Å²) in [4.78, 5) is 11.6. The molecule has 0 spiro atoms. The van der Waals surface area contributed by atoms with Gasteiger partial charge in [-0.25, -0.2) is 4.98 Å². The van der Waals surface area contributed by atoms with Crippen LogP contribution in [-0.4, -0.2) is 15.0 Å². The first-order chi connectivity index (χ1) is 7.28. The van der Waals surface area contributed by atoms with Gasteiger partial charge in [0, 0.05) is 18.0 Å². The van der Waals surface area contributed by atoms with E-state index in [1.807, 2.05) is 24.5 Å². The van der Waals surface area contributed by atoms with Crippen LogP contribution in [0.25, 0.3) is 11.3 Å². The first-order valence-corrected chi connectivity index (χ1v) is 5.03. The fraction of sp³-hybridized carbons (Fsp3) is 0.273. The molecular formula is C11H12N4. The van der Waals surface area contributed by atoms with E-state index in [2.05, 4.69) is 15.0 Å². The summed E-state index contributed by atoms with van der Waals surface area (Å²) in [6, 6.07) is 3.91. The van der Waals surface area contributed by atoms with Crippen LogP contribution in [0.5, 0.6) is 0 Å². The molecule has 1 fully saturated rings. The Morgan fingerprint density at radius 3 is 2.87 bits per heavy atom. The predicted octanol–water partition coefficient (Wildman–Crippen LogP) is 1.42. The lowest BCUT2D eigenvalue weighted by Gasteiger charge is -2.02. The van der Waals surface area contributed by atoms with Crippen molar-refractivity contribution < 1.29 is 0 Å². The Morgan fingerprint density at radius 2 is 2.20 bits per heavy atom.